The maximum Gasteiger partial charge on any atom is 0.276 e. The van der Waals surface area contributed by atoms with Gasteiger partial charge in [0.25, 0.3) is 5.91 Å². The highest BCUT2D eigenvalue weighted by Gasteiger charge is 2.16. The fraction of sp³-hybridized carbons (Fsp3) is 0.105. The summed E-state index contributed by atoms with van der Waals surface area (Å²) in [5.74, 6) is -0.216. The molecule has 5 nitrogen and oxygen atoms in total. The number of carbonyl (C=O) groups excluding carboxylic acids is 1. The molecule has 124 valence electrons. The van der Waals surface area contributed by atoms with E-state index in [9.17, 15) is 4.79 Å². The Kier molecular flexibility index (Phi) is 3.82. The number of hydrogen-bond acceptors (Lipinski definition) is 4. The van der Waals surface area contributed by atoms with Crippen LogP contribution in [0.5, 0.6) is 0 Å². The number of rotatable bonds is 3. The largest absolute Gasteiger partial charge is 0.320 e. The molecule has 2 aromatic heterocycles. The number of amides is 1. The molecule has 2 aromatic carbocycles. The van der Waals surface area contributed by atoms with Gasteiger partial charge in [0.15, 0.2) is 5.69 Å². The minimum atomic E-state index is -0.216. The fourth-order valence-corrected chi connectivity index (χ4v) is 3.78. The second kappa shape index (κ2) is 6.14. The molecule has 4 aromatic rings. The molecule has 1 amide bonds. The van der Waals surface area contributed by atoms with Crippen LogP contribution in [0.1, 0.15) is 16.1 Å². The first-order chi connectivity index (χ1) is 12.1. The first-order valence-corrected chi connectivity index (χ1v) is 8.70. The van der Waals surface area contributed by atoms with Crippen molar-refractivity contribution in [2.24, 2.45) is 7.05 Å². The number of para-hydroxylation sites is 2. The molecule has 4 rings (SSSR count). The van der Waals surface area contributed by atoms with Crippen LogP contribution in [0.25, 0.3) is 20.8 Å². The van der Waals surface area contributed by atoms with E-state index in [0.29, 0.717) is 5.69 Å². The molecule has 0 radical (unpaired) electrons. The summed E-state index contributed by atoms with van der Waals surface area (Å²) in [7, 11) is 1.80. The first-order valence-electron chi connectivity index (χ1n) is 7.88. The number of nitrogens with zero attached hydrogens (tertiary/aromatic N) is 3. The predicted octanol–water partition coefficient (Wildman–Crippen LogP) is 4.26. The molecule has 0 aliphatic rings. The van der Waals surface area contributed by atoms with Crippen molar-refractivity contribution in [2.75, 3.05) is 5.32 Å². The standard InChI is InChI=1S/C19H16N4OS/c1-12-11-23(2)22-17(12)18(24)20-14-8-4-3-7-13(14)19-21-15-9-5-6-10-16(15)25-19/h3-11H,1-2H3,(H,20,24). The average Bonchev–Trinajstić information content (AvgIpc) is 3.18. The van der Waals surface area contributed by atoms with Crippen LogP contribution in [-0.4, -0.2) is 20.7 Å². The van der Waals surface area contributed by atoms with E-state index in [4.69, 9.17) is 4.98 Å². The van der Waals surface area contributed by atoms with Gasteiger partial charge in [-0.3, -0.25) is 9.48 Å². The van der Waals surface area contributed by atoms with Crippen LogP contribution in [-0.2, 0) is 7.05 Å². The highest BCUT2D eigenvalue weighted by molar-refractivity contribution is 7.21. The molecular formula is C19H16N4OS. The average molecular weight is 348 g/mol. The van der Waals surface area contributed by atoms with E-state index in [1.54, 1.807) is 23.1 Å². The molecule has 0 bridgehead atoms. The summed E-state index contributed by atoms with van der Waals surface area (Å²) in [6.07, 6.45) is 1.83. The maximum absolute atomic E-state index is 12.6. The number of aryl methyl sites for hydroxylation is 2. The lowest BCUT2D eigenvalue weighted by Crippen LogP contribution is -2.14. The van der Waals surface area contributed by atoms with E-state index in [0.717, 1.165) is 32.0 Å². The number of benzene rings is 2. The highest BCUT2D eigenvalue weighted by Crippen LogP contribution is 2.34. The first kappa shape index (κ1) is 15.5. The Balaban J connectivity index is 1.71. The molecule has 0 saturated carbocycles. The van der Waals surface area contributed by atoms with Crippen LogP contribution in [0.4, 0.5) is 5.69 Å². The van der Waals surface area contributed by atoms with Gasteiger partial charge in [-0.15, -0.1) is 11.3 Å². The molecule has 0 aliphatic carbocycles. The lowest BCUT2D eigenvalue weighted by Gasteiger charge is -2.08. The van der Waals surface area contributed by atoms with Crippen LogP contribution < -0.4 is 5.32 Å². The van der Waals surface area contributed by atoms with Crippen molar-refractivity contribution in [2.45, 2.75) is 6.92 Å². The van der Waals surface area contributed by atoms with E-state index in [2.05, 4.69) is 16.5 Å². The summed E-state index contributed by atoms with van der Waals surface area (Å²) in [5, 5.41) is 8.09. The molecule has 2 heterocycles. The quantitative estimate of drug-likeness (QED) is 0.602. The molecule has 0 saturated heterocycles. The Labute approximate surface area is 149 Å². The Morgan fingerprint density at radius 3 is 2.64 bits per heavy atom. The van der Waals surface area contributed by atoms with Crippen LogP contribution in [0, 0.1) is 6.92 Å². The number of fused-ring (bicyclic) bond motifs is 1. The normalized spacial score (nSPS) is 11.0. The third-order valence-electron chi connectivity index (χ3n) is 3.93. The number of aromatic nitrogens is 3. The van der Waals surface area contributed by atoms with Gasteiger partial charge in [-0.2, -0.15) is 5.10 Å². The van der Waals surface area contributed by atoms with Crippen molar-refractivity contribution in [3.05, 3.63) is 66.0 Å². The second-order valence-corrected chi connectivity index (χ2v) is 6.85. The number of anilines is 1. The zero-order chi connectivity index (χ0) is 17.4. The van der Waals surface area contributed by atoms with Gasteiger partial charge < -0.3 is 5.32 Å². The monoisotopic (exact) mass is 348 g/mol. The zero-order valence-corrected chi connectivity index (χ0v) is 14.7. The van der Waals surface area contributed by atoms with Gasteiger partial charge in [0.05, 0.1) is 15.9 Å². The van der Waals surface area contributed by atoms with E-state index >= 15 is 0 Å². The molecule has 0 atom stereocenters. The maximum atomic E-state index is 12.6. The summed E-state index contributed by atoms with van der Waals surface area (Å²) < 4.78 is 2.77. The van der Waals surface area contributed by atoms with Crippen molar-refractivity contribution in [1.29, 1.82) is 0 Å². The van der Waals surface area contributed by atoms with Crippen molar-refractivity contribution in [1.82, 2.24) is 14.8 Å². The number of hydrogen-bond donors (Lipinski definition) is 1. The van der Waals surface area contributed by atoms with Gasteiger partial charge in [-0.25, -0.2) is 4.98 Å². The molecule has 25 heavy (non-hydrogen) atoms. The van der Waals surface area contributed by atoms with E-state index in [1.165, 1.54) is 0 Å². The van der Waals surface area contributed by atoms with Crippen molar-refractivity contribution in [3.63, 3.8) is 0 Å². The van der Waals surface area contributed by atoms with Gasteiger partial charge in [0.2, 0.25) is 0 Å². The second-order valence-electron chi connectivity index (χ2n) is 5.82. The van der Waals surface area contributed by atoms with Crippen LogP contribution in [0.2, 0.25) is 0 Å². The van der Waals surface area contributed by atoms with Gasteiger partial charge in [0, 0.05) is 24.4 Å². The van der Waals surface area contributed by atoms with Crippen molar-refractivity contribution >= 4 is 33.1 Å². The molecule has 0 aliphatic heterocycles. The summed E-state index contributed by atoms with van der Waals surface area (Å²) >= 11 is 1.61. The molecular weight excluding hydrogens is 332 g/mol. The minimum Gasteiger partial charge on any atom is -0.320 e. The number of thiazole rings is 1. The molecule has 1 N–H and O–H groups in total. The van der Waals surface area contributed by atoms with Crippen LogP contribution >= 0.6 is 11.3 Å². The Bertz CT molecular complexity index is 1050. The van der Waals surface area contributed by atoms with E-state index in [1.807, 2.05) is 55.6 Å². The SMILES string of the molecule is Cc1cn(C)nc1C(=O)Nc1ccccc1-c1nc2ccccc2s1. The lowest BCUT2D eigenvalue weighted by atomic mass is 10.1. The number of nitrogens with one attached hydrogen (secondary N) is 1. The number of carbonyl (C=O) groups is 1. The van der Waals surface area contributed by atoms with Gasteiger partial charge in [-0.05, 0) is 31.2 Å². The topological polar surface area (TPSA) is 59.8 Å². The van der Waals surface area contributed by atoms with E-state index in [-0.39, 0.29) is 5.91 Å². The Morgan fingerprint density at radius 2 is 1.88 bits per heavy atom. The molecule has 0 spiro atoms. The van der Waals surface area contributed by atoms with Gasteiger partial charge in [-0.1, -0.05) is 24.3 Å². The third-order valence-corrected chi connectivity index (χ3v) is 5.00. The molecule has 0 unspecified atom stereocenters. The zero-order valence-electron chi connectivity index (χ0n) is 13.9. The highest BCUT2D eigenvalue weighted by atomic mass is 32.1. The summed E-state index contributed by atoms with van der Waals surface area (Å²) in [6.45, 7) is 1.88. The van der Waals surface area contributed by atoms with E-state index < -0.39 is 0 Å². The lowest BCUT2D eigenvalue weighted by molar-refractivity contribution is 0.102. The fourth-order valence-electron chi connectivity index (χ4n) is 2.78. The molecule has 0 fully saturated rings. The van der Waals surface area contributed by atoms with Crippen LogP contribution in [0.3, 0.4) is 0 Å². The van der Waals surface area contributed by atoms with Gasteiger partial charge >= 0.3 is 0 Å². The predicted molar refractivity (Wildman–Crippen MR) is 101 cm³/mol. The Hall–Kier alpha value is -2.99. The van der Waals surface area contributed by atoms with Crippen LogP contribution in [0.15, 0.2) is 54.7 Å². The van der Waals surface area contributed by atoms with Gasteiger partial charge in [0.1, 0.15) is 5.01 Å². The van der Waals surface area contributed by atoms with Crippen molar-refractivity contribution < 1.29 is 4.79 Å². The minimum absolute atomic E-state index is 0.216. The third kappa shape index (κ3) is 2.92. The summed E-state index contributed by atoms with van der Waals surface area (Å²) in [4.78, 5) is 17.3. The summed E-state index contributed by atoms with van der Waals surface area (Å²) in [5.41, 5.74) is 3.88. The Morgan fingerprint density at radius 1 is 1.12 bits per heavy atom. The summed E-state index contributed by atoms with van der Waals surface area (Å²) in [6, 6.07) is 15.7. The molecule has 6 heteroatoms. The van der Waals surface area contributed by atoms with Crippen molar-refractivity contribution in [3.8, 4) is 10.6 Å². The smallest absolute Gasteiger partial charge is 0.276 e.